The van der Waals surface area contributed by atoms with Gasteiger partial charge in [0.2, 0.25) is 5.82 Å². The van der Waals surface area contributed by atoms with E-state index in [1.54, 1.807) is 12.1 Å². The van der Waals surface area contributed by atoms with Gasteiger partial charge in [-0.05, 0) is 105 Å². The Kier molecular flexibility index (Phi) is 7.52. The van der Waals surface area contributed by atoms with Crippen LogP contribution in [0.25, 0.3) is 0 Å². The van der Waals surface area contributed by atoms with Crippen molar-refractivity contribution in [2.24, 2.45) is 11.8 Å². The van der Waals surface area contributed by atoms with Gasteiger partial charge in [-0.25, -0.2) is 8.78 Å². The molecule has 1 aliphatic heterocycles. The average molecular weight is 499 g/mol. The summed E-state index contributed by atoms with van der Waals surface area (Å²) >= 11 is 0. The third-order valence-corrected chi connectivity index (χ3v) is 8.19. The van der Waals surface area contributed by atoms with E-state index >= 15 is 0 Å². The molecule has 6 heteroatoms. The summed E-state index contributed by atoms with van der Waals surface area (Å²) in [6.45, 7) is 2.63. The SMILES string of the molecule is C/C=C/C1CCC(c2ccc(OC(=O)C3CCC(c4ccc(C5CO5)cc4F)CC3)c(F)c2F)CC1. The number of ether oxygens (including phenoxy) is 2. The molecule has 0 spiro atoms. The zero-order valence-electron chi connectivity index (χ0n) is 20.7. The molecule has 1 atom stereocenters. The molecule has 192 valence electrons. The van der Waals surface area contributed by atoms with Crippen LogP contribution in [0.5, 0.6) is 5.75 Å². The van der Waals surface area contributed by atoms with Crippen LogP contribution in [0, 0.1) is 29.3 Å². The molecule has 3 aliphatic rings. The Morgan fingerprint density at radius 1 is 0.889 bits per heavy atom. The van der Waals surface area contributed by atoms with Crippen molar-refractivity contribution >= 4 is 5.97 Å². The topological polar surface area (TPSA) is 38.8 Å². The molecule has 3 fully saturated rings. The molecule has 0 radical (unpaired) electrons. The lowest BCUT2D eigenvalue weighted by Crippen LogP contribution is -2.26. The van der Waals surface area contributed by atoms with E-state index in [9.17, 15) is 18.0 Å². The molecular weight excluding hydrogens is 465 g/mol. The molecule has 1 saturated heterocycles. The monoisotopic (exact) mass is 498 g/mol. The molecule has 2 aromatic carbocycles. The molecule has 0 amide bonds. The normalized spacial score (nSPS) is 28.3. The fraction of sp³-hybridized carbons (Fsp3) is 0.500. The fourth-order valence-corrected chi connectivity index (χ4v) is 5.98. The minimum absolute atomic E-state index is 0.0107. The standard InChI is InChI=1S/C30H33F3O3/c1-2-3-18-4-6-20(7-5-18)24-14-15-26(29(33)28(24)32)36-30(34)21-10-8-19(9-11-21)23-13-12-22(16-25(23)31)27-17-35-27/h2-3,12-16,18-21,27H,4-11,17H2,1H3/b3-2+. The third-order valence-electron chi connectivity index (χ3n) is 8.19. The van der Waals surface area contributed by atoms with Crippen molar-refractivity contribution in [1.29, 1.82) is 0 Å². The van der Waals surface area contributed by atoms with Crippen LogP contribution in [0.2, 0.25) is 0 Å². The zero-order chi connectivity index (χ0) is 25.2. The first-order valence-electron chi connectivity index (χ1n) is 13.2. The highest BCUT2D eigenvalue weighted by atomic mass is 19.2. The Labute approximate surface area is 210 Å². The molecule has 0 aromatic heterocycles. The van der Waals surface area contributed by atoms with Crippen molar-refractivity contribution in [3.8, 4) is 5.75 Å². The first kappa shape index (κ1) is 25.1. The maximum atomic E-state index is 14.9. The van der Waals surface area contributed by atoms with E-state index in [2.05, 4.69) is 6.08 Å². The number of esters is 1. The number of rotatable bonds is 6. The van der Waals surface area contributed by atoms with Gasteiger partial charge in [0.15, 0.2) is 11.6 Å². The van der Waals surface area contributed by atoms with Gasteiger partial charge in [0.05, 0.1) is 12.5 Å². The lowest BCUT2D eigenvalue weighted by molar-refractivity contribution is -0.140. The first-order chi connectivity index (χ1) is 17.4. The van der Waals surface area contributed by atoms with Crippen molar-refractivity contribution in [2.45, 2.75) is 76.2 Å². The molecule has 2 saturated carbocycles. The maximum Gasteiger partial charge on any atom is 0.314 e. The molecule has 0 N–H and O–H groups in total. The Morgan fingerprint density at radius 3 is 2.17 bits per heavy atom. The third kappa shape index (κ3) is 5.39. The second-order valence-corrected chi connectivity index (χ2v) is 10.5. The number of epoxide rings is 1. The predicted molar refractivity (Wildman–Crippen MR) is 131 cm³/mol. The number of carbonyl (C=O) groups is 1. The van der Waals surface area contributed by atoms with Crippen LogP contribution in [0.1, 0.15) is 92.9 Å². The van der Waals surface area contributed by atoms with Gasteiger partial charge in [0.25, 0.3) is 0 Å². The molecule has 36 heavy (non-hydrogen) atoms. The van der Waals surface area contributed by atoms with Gasteiger partial charge in [-0.3, -0.25) is 4.79 Å². The van der Waals surface area contributed by atoms with Gasteiger partial charge < -0.3 is 9.47 Å². The highest BCUT2D eigenvalue weighted by Crippen LogP contribution is 2.41. The highest BCUT2D eigenvalue weighted by Gasteiger charge is 2.32. The lowest BCUT2D eigenvalue weighted by Gasteiger charge is -2.28. The number of benzene rings is 2. The summed E-state index contributed by atoms with van der Waals surface area (Å²) < 4.78 is 54.9. The summed E-state index contributed by atoms with van der Waals surface area (Å²) in [6, 6.07) is 8.23. The molecule has 0 bridgehead atoms. The van der Waals surface area contributed by atoms with Gasteiger partial charge in [-0.15, -0.1) is 0 Å². The summed E-state index contributed by atoms with van der Waals surface area (Å²) in [5.41, 5.74) is 1.89. The number of allylic oxidation sites excluding steroid dienone is 2. The Bertz CT molecular complexity index is 1120. The number of carbonyl (C=O) groups excluding carboxylic acids is 1. The van der Waals surface area contributed by atoms with Gasteiger partial charge >= 0.3 is 5.97 Å². The van der Waals surface area contributed by atoms with Crippen LogP contribution in [0.15, 0.2) is 42.5 Å². The van der Waals surface area contributed by atoms with E-state index in [1.807, 2.05) is 25.1 Å². The molecule has 3 nitrogen and oxygen atoms in total. The van der Waals surface area contributed by atoms with E-state index in [1.165, 1.54) is 6.07 Å². The van der Waals surface area contributed by atoms with Crippen molar-refractivity contribution in [3.05, 3.63) is 76.6 Å². The van der Waals surface area contributed by atoms with Crippen LogP contribution in [-0.2, 0) is 9.53 Å². The van der Waals surface area contributed by atoms with Crippen LogP contribution < -0.4 is 4.74 Å². The van der Waals surface area contributed by atoms with Crippen molar-refractivity contribution in [2.75, 3.05) is 6.61 Å². The maximum absolute atomic E-state index is 14.9. The number of hydrogen-bond donors (Lipinski definition) is 0. The lowest BCUT2D eigenvalue weighted by atomic mass is 9.78. The van der Waals surface area contributed by atoms with Crippen LogP contribution in [-0.4, -0.2) is 12.6 Å². The summed E-state index contributed by atoms with van der Waals surface area (Å²) in [4.78, 5) is 12.7. The molecule has 2 aromatic rings. The molecular formula is C30H33F3O3. The van der Waals surface area contributed by atoms with Gasteiger partial charge in [0.1, 0.15) is 11.9 Å². The average Bonchev–Trinajstić information content (AvgIpc) is 3.74. The summed E-state index contributed by atoms with van der Waals surface area (Å²) in [5, 5.41) is 0. The molecule has 1 heterocycles. The van der Waals surface area contributed by atoms with Crippen LogP contribution in [0.3, 0.4) is 0 Å². The van der Waals surface area contributed by atoms with Crippen molar-refractivity contribution in [1.82, 2.24) is 0 Å². The molecule has 1 unspecified atom stereocenters. The largest absolute Gasteiger partial charge is 0.423 e. The Morgan fingerprint density at radius 2 is 1.53 bits per heavy atom. The molecule has 5 rings (SSSR count). The minimum atomic E-state index is -1.09. The Balaban J connectivity index is 1.17. The second-order valence-electron chi connectivity index (χ2n) is 10.5. The summed E-state index contributed by atoms with van der Waals surface area (Å²) in [6.07, 6.45) is 10.1. The highest BCUT2D eigenvalue weighted by molar-refractivity contribution is 5.75. The Hall–Kier alpha value is -2.60. The number of halogens is 3. The summed E-state index contributed by atoms with van der Waals surface area (Å²) in [7, 11) is 0. The molecule has 2 aliphatic carbocycles. The summed E-state index contributed by atoms with van der Waals surface area (Å²) in [5.74, 6) is -3.03. The van der Waals surface area contributed by atoms with E-state index in [0.29, 0.717) is 49.3 Å². The smallest absolute Gasteiger partial charge is 0.314 e. The van der Waals surface area contributed by atoms with E-state index in [4.69, 9.17) is 9.47 Å². The van der Waals surface area contributed by atoms with E-state index < -0.39 is 23.5 Å². The van der Waals surface area contributed by atoms with Crippen LogP contribution >= 0.6 is 0 Å². The fourth-order valence-electron chi connectivity index (χ4n) is 5.98. The van der Waals surface area contributed by atoms with Crippen molar-refractivity contribution in [3.63, 3.8) is 0 Å². The second kappa shape index (κ2) is 10.8. The van der Waals surface area contributed by atoms with Gasteiger partial charge in [-0.2, -0.15) is 4.39 Å². The first-order valence-corrected chi connectivity index (χ1v) is 13.2. The van der Waals surface area contributed by atoms with Crippen molar-refractivity contribution < 1.29 is 27.4 Å². The van der Waals surface area contributed by atoms with E-state index in [-0.39, 0.29) is 29.5 Å². The quantitative estimate of drug-likeness (QED) is 0.176. The van der Waals surface area contributed by atoms with Crippen LogP contribution in [0.4, 0.5) is 13.2 Å². The minimum Gasteiger partial charge on any atom is -0.423 e. The predicted octanol–water partition coefficient (Wildman–Crippen LogP) is 7.90. The van der Waals surface area contributed by atoms with E-state index in [0.717, 1.165) is 31.2 Å². The van der Waals surface area contributed by atoms with Gasteiger partial charge in [-0.1, -0.05) is 30.4 Å². The van der Waals surface area contributed by atoms with Gasteiger partial charge in [0, 0.05) is 0 Å². The zero-order valence-corrected chi connectivity index (χ0v) is 20.7. The number of hydrogen-bond acceptors (Lipinski definition) is 3.